The minimum Gasteiger partial charge on any atom is -0.397 e. The van der Waals surface area contributed by atoms with Gasteiger partial charge in [0.15, 0.2) is 0 Å². The first kappa shape index (κ1) is 15.6. The molecule has 6 heteroatoms. The fraction of sp³-hybridized carbons (Fsp3) is 0.571. The van der Waals surface area contributed by atoms with Gasteiger partial charge >= 0.3 is 0 Å². The van der Waals surface area contributed by atoms with Crippen LogP contribution in [0.3, 0.4) is 0 Å². The number of benzene rings is 1. The highest BCUT2D eigenvalue weighted by molar-refractivity contribution is 7.89. The van der Waals surface area contributed by atoms with Crippen molar-refractivity contribution in [2.75, 3.05) is 18.8 Å². The number of piperidine rings is 1. The predicted molar refractivity (Wildman–Crippen MR) is 82.4 cm³/mol. The highest BCUT2D eigenvalue weighted by Crippen LogP contribution is 2.34. The number of halogens is 1. The molecule has 0 atom stereocenters. The molecule has 1 heterocycles. The number of anilines is 1. The van der Waals surface area contributed by atoms with Crippen molar-refractivity contribution in [2.24, 2.45) is 5.41 Å². The Morgan fingerprint density at radius 3 is 2.60 bits per heavy atom. The van der Waals surface area contributed by atoms with Crippen molar-refractivity contribution in [2.45, 2.75) is 38.5 Å². The summed E-state index contributed by atoms with van der Waals surface area (Å²) in [7, 11) is -3.51. The van der Waals surface area contributed by atoms with Gasteiger partial charge in [0.25, 0.3) is 0 Å². The topological polar surface area (TPSA) is 63.4 Å². The number of hydrogen-bond acceptors (Lipinski definition) is 3. The van der Waals surface area contributed by atoms with Crippen molar-refractivity contribution in [3.05, 3.63) is 22.7 Å². The molecule has 112 valence electrons. The van der Waals surface area contributed by atoms with E-state index in [2.05, 4.69) is 13.8 Å². The Hall–Kier alpha value is -0.780. The number of nitrogens with two attached hydrogens (primary N) is 1. The first-order valence-electron chi connectivity index (χ1n) is 6.69. The van der Waals surface area contributed by atoms with Gasteiger partial charge in [0, 0.05) is 13.1 Å². The second kappa shape index (κ2) is 5.20. The largest absolute Gasteiger partial charge is 0.397 e. The molecule has 1 aliphatic rings. The molecular weight excluding hydrogens is 296 g/mol. The summed E-state index contributed by atoms with van der Waals surface area (Å²) in [5.41, 5.74) is 6.70. The maximum Gasteiger partial charge on any atom is 0.243 e. The van der Waals surface area contributed by atoms with Gasteiger partial charge in [-0.1, -0.05) is 25.4 Å². The van der Waals surface area contributed by atoms with Crippen LogP contribution in [0.1, 0.15) is 32.3 Å². The maximum atomic E-state index is 12.8. The fourth-order valence-corrected chi connectivity index (χ4v) is 4.79. The van der Waals surface area contributed by atoms with Gasteiger partial charge in [-0.3, -0.25) is 0 Å². The van der Waals surface area contributed by atoms with Crippen LogP contribution in [0, 0.1) is 12.3 Å². The zero-order valence-corrected chi connectivity index (χ0v) is 13.7. The van der Waals surface area contributed by atoms with E-state index in [9.17, 15) is 8.42 Å². The summed E-state index contributed by atoms with van der Waals surface area (Å²) in [6.45, 7) is 7.04. The van der Waals surface area contributed by atoms with Crippen molar-refractivity contribution in [3.63, 3.8) is 0 Å². The molecule has 0 amide bonds. The molecular formula is C14H21ClN2O2S. The molecule has 1 aromatic carbocycles. The molecule has 0 radical (unpaired) electrons. The fourth-order valence-electron chi connectivity index (χ4n) is 2.66. The van der Waals surface area contributed by atoms with E-state index in [1.165, 1.54) is 6.07 Å². The lowest BCUT2D eigenvalue weighted by molar-refractivity contribution is 0.187. The van der Waals surface area contributed by atoms with Gasteiger partial charge in [-0.15, -0.1) is 0 Å². The Morgan fingerprint density at radius 2 is 2.00 bits per heavy atom. The monoisotopic (exact) mass is 316 g/mol. The lowest BCUT2D eigenvalue weighted by atomic mass is 9.85. The first-order chi connectivity index (χ1) is 9.13. The highest BCUT2D eigenvalue weighted by atomic mass is 35.5. The van der Waals surface area contributed by atoms with Gasteiger partial charge in [0.1, 0.15) is 0 Å². The molecule has 0 unspecified atom stereocenters. The Labute approximate surface area is 126 Å². The molecule has 0 saturated carbocycles. The number of rotatable bonds is 2. The zero-order chi connectivity index (χ0) is 15.1. The molecule has 0 aliphatic carbocycles. The standard InChI is InChI=1S/C14H21ClN2O2S/c1-10-7-11(15)12(16)8-13(10)20(18,19)17-6-4-5-14(2,3)9-17/h7-8H,4-6,9,16H2,1-3H3. The normalized spacial score (nSPS) is 20.0. The van der Waals surface area contributed by atoms with Crippen molar-refractivity contribution >= 4 is 27.3 Å². The lowest BCUT2D eigenvalue weighted by Gasteiger charge is -2.37. The van der Waals surface area contributed by atoms with Gasteiger partial charge < -0.3 is 5.73 Å². The van der Waals surface area contributed by atoms with E-state index in [4.69, 9.17) is 17.3 Å². The number of hydrogen-bond donors (Lipinski definition) is 1. The summed E-state index contributed by atoms with van der Waals surface area (Å²) in [5, 5.41) is 0.389. The van der Waals surface area contributed by atoms with Gasteiger partial charge in [-0.05, 0) is 42.9 Å². The van der Waals surface area contributed by atoms with Gasteiger partial charge in [0.2, 0.25) is 10.0 Å². The van der Waals surface area contributed by atoms with Gasteiger partial charge in [-0.25, -0.2) is 8.42 Å². The highest BCUT2D eigenvalue weighted by Gasteiger charge is 2.34. The maximum absolute atomic E-state index is 12.8. The second-order valence-corrected chi connectivity index (χ2v) is 8.56. The molecule has 20 heavy (non-hydrogen) atoms. The van der Waals surface area contributed by atoms with E-state index in [0.717, 1.165) is 12.8 Å². The van der Waals surface area contributed by atoms with Crippen molar-refractivity contribution in [3.8, 4) is 0 Å². The Balaban J connectivity index is 2.43. The molecule has 1 aliphatic heterocycles. The van der Waals surface area contributed by atoms with Gasteiger partial charge in [0.05, 0.1) is 15.6 Å². The quantitative estimate of drug-likeness (QED) is 0.853. The van der Waals surface area contributed by atoms with Crippen molar-refractivity contribution in [1.29, 1.82) is 0 Å². The van der Waals surface area contributed by atoms with Crippen LogP contribution in [0.5, 0.6) is 0 Å². The minimum atomic E-state index is -3.51. The Bertz CT molecular complexity index is 626. The molecule has 4 nitrogen and oxygen atoms in total. The summed E-state index contributed by atoms with van der Waals surface area (Å²) >= 11 is 5.93. The Morgan fingerprint density at radius 1 is 1.35 bits per heavy atom. The number of aryl methyl sites for hydroxylation is 1. The van der Waals surface area contributed by atoms with Crippen LogP contribution < -0.4 is 5.73 Å². The summed E-state index contributed by atoms with van der Waals surface area (Å²) in [4.78, 5) is 0.261. The van der Waals surface area contributed by atoms with E-state index < -0.39 is 10.0 Å². The molecule has 1 fully saturated rings. The smallest absolute Gasteiger partial charge is 0.243 e. The molecule has 1 saturated heterocycles. The van der Waals surface area contributed by atoms with E-state index in [1.807, 2.05) is 0 Å². The summed E-state index contributed by atoms with van der Waals surface area (Å²) in [6.07, 6.45) is 1.93. The van der Waals surface area contributed by atoms with Crippen LogP contribution in [0.4, 0.5) is 5.69 Å². The van der Waals surface area contributed by atoms with Crippen LogP contribution in [0.2, 0.25) is 5.02 Å². The molecule has 2 rings (SSSR count). The third kappa shape index (κ3) is 2.95. The molecule has 1 aromatic rings. The first-order valence-corrected chi connectivity index (χ1v) is 8.51. The summed E-state index contributed by atoms with van der Waals surface area (Å²) < 4.78 is 27.1. The van der Waals surface area contributed by atoms with Crippen LogP contribution >= 0.6 is 11.6 Å². The summed E-state index contributed by atoms with van der Waals surface area (Å²) in [5.74, 6) is 0. The molecule has 0 spiro atoms. The minimum absolute atomic E-state index is 0.0111. The predicted octanol–water partition coefficient (Wildman–Crippen LogP) is 3.04. The number of nitrogen functional groups attached to an aromatic ring is 1. The lowest BCUT2D eigenvalue weighted by Crippen LogP contribution is -2.43. The third-order valence-corrected chi connectivity index (χ3v) is 6.09. The average molecular weight is 317 g/mol. The van der Waals surface area contributed by atoms with E-state index >= 15 is 0 Å². The second-order valence-electron chi connectivity index (χ2n) is 6.25. The molecule has 0 bridgehead atoms. The van der Waals surface area contributed by atoms with Gasteiger partial charge in [-0.2, -0.15) is 4.31 Å². The third-order valence-electron chi connectivity index (χ3n) is 3.78. The van der Waals surface area contributed by atoms with Crippen LogP contribution in [0.15, 0.2) is 17.0 Å². The van der Waals surface area contributed by atoms with E-state index in [0.29, 0.717) is 29.4 Å². The number of nitrogens with zero attached hydrogens (tertiary/aromatic N) is 1. The average Bonchev–Trinajstić information content (AvgIpc) is 2.32. The summed E-state index contributed by atoms with van der Waals surface area (Å²) in [6, 6.07) is 3.08. The number of sulfonamides is 1. The van der Waals surface area contributed by atoms with Crippen molar-refractivity contribution < 1.29 is 8.42 Å². The van der Waals surface area contributed by atoms with E-state index in [-0.39, 0.29) is 10.3 Å². The zero-order valence-electron chi connectivity index (χ0n) is 12.1. The molecule has 0 aromatic heterocycles. The van der Waals surface area contributed by atoms with Crippen LogP contribution in [-0.4, -0.2) is 25.8 Å². The SMILES string of the molecule is Cc1cc(Cl)c(N)cc1S(=O)(=O)N1CCCC(C)(C)C1. The van der Waals surface area contributed by atoms with Crippen LogP contribution in [0.25, 0.3) is 0 Å². The Kier molecular flexibility index (Phi) is 4.06. The van der Waals surface area contributed by atoms with Crippen molar-refractivity contribution in [1.82, 2.24) is 4.31 Å². The molecule has 2 N–H and O–H groups in total. The van der Waals surface area contributed by atoms with Crippen LogP contribution in [-0.2, 0) is 10.0 Å². The van der Waals surface area contributed by atoms with E-state index in [1.54, 1.807) is 17.3 Å².